The van der Waals surface area contributed by atoms with Crippen molar-refractivity contribution in [3.63, 3.8) is 0 Å². The number of unbranched alkanes of at least 4 members (excludes halogenated alkanes) is 3. The van der Waals surface area contributed by atoms with Crippen molar-refractivity contribution < 1.29 is 19.4 Å². The first-order valence-corrected chi connectivity index (χ1v) is 10.3. The minimum absolute atomic E-state index is 0.0451. The number of hydrogen-bond donors (Lipinski definition) is 1. The van der Waals surface area contributed by atoms with Gasteiger partial charge in [0, 0.05) is 5.41 Å². The van der Waals surface area contributed by atoms with E-state index < -0.39 is 17.8 Å². The van der Waals surface area contributed by atoms with E-state index in [1.165, 1.54) is 0 Å². The van der Waals surface area contributed by atoms with E-state index in [0.29, 0.717) is 13.0 Å². The average Bonchev–Trinajstić information content (AvgIpc) is 2.61. The number of carboxylic acids is 1. The van der Waals surface area contributed by atoms with Crippen LogP contribution in [0.3, 0.4) is 0 Å². The van der Waals surface area contributed by atoms with Crippen molar-refractivity contribution in [2.24, 2.45) is 17.3 Å². The lowest BCUT2D eigenvalue weighted by Crippen LogP contribution is -2.34. The number of carboxylic acid groups (broad SMARTS) is 1. The largest absolute Gasteiger partial charge is 0.481 e. The molecule has 0 amide bonds. The Morgan fingerprint density at radius 2 is 1.48 bits per heavy atom. The molecule has 0 aromatic heterocycles. The molecule has 4 nitrogen and oxygen atoms in total. The number of aliphatic carboxylic acids is 1. The molecule has 0 bridgehead atoms. The molecule has 0 rings (SSSR count). The molecule has 25 heavy (non-hydrogen) atoms. The Labute approximate surface area is 154 Å². The quantitative estimate of drug-likeness (QED) is 0.375. The highest BCUT2D eigenvalue weighted by molar-refractivity contribution is 5.80. The van der Waals surface area contributed by atoms with Crippen molar-refractivity contribution in [3.8, 4) is 0 Å². The van der Waals surface area contributed by atoms with Crippen molar-refractivity contribution in [2.75, 3.05) is 6.61 Å². The molecule has 0 aliphatic carbocycles. The molecule has 0 heterocycles. The van der Waals surface area contributed by atoms with Crippen molar-refractivity contribution in [3.05, 3.63) is 0 Å². The average molecular weight is 357 g/mol. The van der Waals surface area contributed by atoms with E-state index in [2.05, 4.69) is 20.8 Å². The maximum Gasteiger partial charge on any atom is 0.309 e. The van der Waals surface area contributed by atoms with Gasteiger partial charge in [-0.25, -0.2) is 0 Å². The summed E-state index contributed by atoms with van der Waals surface area (Å²) >= 11 is 0. The molecule has 1 N–H and O–H groups in total. The first kappa shape index (κ1) is 23.9. The van der Waals surface area contributed by atoms with E-state index in [9.17, 15) is 14.7 Å². The summed E-state index contributed by atoms with van der Waals surface area (Å²) in [6.45, 7) is 10.6. The predicted molar refractivity (Wildman–Crippen MR) is 103 cm³/mol. The number of carbonyl (C=O) groups excluding carboxylic acids is 1. The zero-order valence-electron chi connectivity index (χ0n) is 17.1. The lowest BCUT2D eigenvalue weighted by molar-refractivity contribution is -0.160. The summed E-state index contributed by atoms with van der Waals surface area (Å²) < 4.78 is 5.72. The van der Waals surface area contributed by atoms with Crippen molar-refractivity contribution in [1.29, 1.82) is 0 Å². The summed E-state index contributed by atoms with van der Waals surface area (Å²) in [6.07, 6.45) is 10.1. The molecule has 4 heteroatoms. The van der Waals surface area contributed by atoms with Gasteiger partial charge in [0.05, 0.1) is 18.4 Å². The summed E-state index contributed by atoms with van der Waals surface area (Å²) in [5, 5.41) is 9.30. The Kier molecular flexibility index (Phi) is 12.6. The van der Waals surface area contributed by atoms with Gasteiger partial charge in [0.25, 0.3) is 0 Å². The Hall–Kier alpha value is -1.06. The Balaban J connectivity index is 4.99. The molecule has 0 radical (unpaired) electrons. The van der Waals surface area contributed by atoms with Gasteiger partial charge in [-0.1, -0.05) is 73.1 Å². The molecule has 0 aromatic rings. The van der Waals surface area contributed by atoms with Crippen LogP contribution in [0.1, 0.15) is 98.8 Å². The lowest BCUT2D eigenvalue weighted by atomic mass is 9.76. The Bertz CT molecular complexity index is 370. The monoisotopic (exact) mass is 356 g/mol. The van der Waals surface area contributed by atoms with Gasteiger partial charge in [-0.3, -0.25) is 9.59 Å². The molecule has 0 aliphatic heterocycles. The summed E-state index contributed by atoms with van der Waals surface area (Å²) in [7, 11) is 0. The molecular formula is C21H40O4. The van der Waals surface area contributed by atoms with Crippen molar-refractivity contribution >= 4 is 11.9 Å². The topological polar surface area (TPSA) is 63.6 Å². The highest BCUT2D eigenvalue weighted by Crippen LogP contribution is 2.35. The number of carbonyl (C=O) groups is 2. The second-order valence-corrected chi connectivity index (χ2v) is 7.54. The highest BCUT2D eigenvalue weighted by atomic mass is 16.5. The standard InChI is InChI=1S/C21H40O4/c1-6-10-13-18(17(5)19(22)23)20(24)25-16-21(9-4,14-11-7-2)15-12-8-3/h17-18H,6-16H2,1-5H3,(H,22,23). The van der Waals surface area contributed by atoms with Gasteiger partial charge in [-0.15, -0.1) is 0 Å². The summed E-state index contributed by atoms with van der Waals surface area (Å²) in [5.74, 6) is -2.48. The molecule has 0 saturated heterocycles. The number of ether oxygens (including phenoxy) is 1. The SMILES string of the molecule is CCCCC(C(=O)OCC(CC)(CCCC)CCCC)C(C)C(=O)O. The zero-order valence-corrected chi connectivity index (χ0v) is 17.1. The van der Waals surface area contributed by atoms with Crippen molar-refractivity contribution in [2.45, 2.75) is 98.8 Å². The third kappa shape index (κ3) is 8.73. The minimum Gasteiger partial charge on any atom is -0.481 e. The van der Waals surface area contributed by atoms with Crippen molar-refractivity contribution in [1.82, 2.24) is 0 Å². The molecule has 0 fully saturated rings. The maximum atomic E-state index is 12.6. The summed E-state index contributed by atoms with van der Waals surface area (Å²) in [5.41, 5.74) is 0.0451. The van der Waals surface area contributed by atoms with Crippen LogP contribution in [-0.4, -0.2) is 23.7 Å². The van der Waals surface area contributed by atoms with Crippen LogP contribution in [0.5, 0.6) is 0 Å². The molecule has 0 spiro atoms. The first-order valence-electron chi connectivity index (χ1n) is 10.3. The first-order chi connectivity index (χ1) is 11.9. The maximum absolute atomic E-state index is 12.6. The van der Waals surface area contributed by atoms with Crippen LogP contribution < -0.4 is 0 Å². The van der Waals surface area contributed by atoms with Gasteiger partial charge in [0.1, 0.15) is 0 Å². The van der Waals surface area contributed by atoms with Gasteiger partial charge in [-0.05, 0) is 25.7 Å². The number of hydrogen-bond acceptors (Lipinski definition) is 3. The molecule has 2 unspecified atom stereocenters. The Morgan fingerprint density at radius 3 is 1.88 bits per heavy atom. The molecule has 0 saturated carbocycles. The van der Waals surface area contributed by atoms with Crippen LogP contribution in [0.15, 0.2) is 0 Å². The van der Waals surface area contributed by atoms with E-state index in [1.807, 2.05) is 6.92 Å². The van der Waals surface area contributed by atoms with Crippen LogP contribution in [0.2, 0.25) is 0 Å². The number of esters is 1. The minimum atomic E-state index is -0.920. The second-order valence-electron chi connectivity index (χ2n) is 7.54. The zero-order chi connectivity index (χ0) is 19.3. The summed E-state index contributed by atoms with van der Waals surface area (Å²) in [6, 6.07) is 0. The molecule has 148 valence electrons. The fraction of sp³-hybridized carbons (Fsp3) is 0.905. The molecule has 0 aliphatic rings. The smallest absolute Gasteiger partial charge is 0.309 e. The van der Waals surface area contributed by atoms with Gasteiger partial charge < -0.3 is 9.84 Å². The van der Waals surface area contributed by atoms with E-state index >= 15 is 0 Å². The third-order valence-corrected chi connectivity index (χ3v) is 5.56. The van der Waals surface area contributed by atoms with Crippen LogP contribution >= 0.6 is 0 Å². The third-order valence-electron chi connectivity index (χ3n) is 5.56. The molecular weight excluding hydrogens is 316 g/mol. The van der Waals surface area contributed by atoms with E-state index in [4.69, 9.17) is 4.74 Å². The molecule has 2 atom stereocenters. The predicted octanol–water partition coefficient (Wildman–Crippen LogP) is 5.83. The number of rotatable bonds is 15. The van der Waals surface area contributed by atoms with Crippen LogP contribution in [0, 0.1) is 17.3 Å². The van der Waals surface area contributed by atoms with Gasteiger partial charge >= 0.3 is 11.9 Å². The highest BCUT2D eigenvalue weighted by Gasteiger charge is 2.34. The molecule has 0 aromatic carbocycles. The Morgan fingerprint density at radius 1 is 0.960 bits per heavy atom. The van der Waals surface area contributed by atoms with Gasteiger partial charge in [-0.2, -0.15) is 0 Å². The van der Waals surface area contributed by atoms with E-state index in [1.54, 1.807) is 6.92 Å². The second kappa shape index (κ2) is 13.2. The fourth-order valence-corrected chi connectivity index (χ4v) is 3.33. The van der Waals surface area contributed by atoms with E-state index in [-0.39, 0.29) is 11.4 Å². The van der Waals surface area contributed by atoms with Gasteiger partial charge in [0.15, 0.2) is 0 Å². The van der Waals surface area contributed by atoms with Gasteiger partial charge in [0.2, 0.25) is 0 Å². The summed E-state index contributed by atoms with van der Waals surface area (Å²) in [4.78, 5) is 24.0. The van der Waals surface area contributed by atoms with E-state index in [0.717, 1.165) is 57.8 Å². The normalized spacial score (nSPS) is 14.1. The fourth-order valence-electron chi connectivity index (χ4n) is 3.33. The van der Waals surface area contributed by atoms with Crippen LogP contribution in [0.25, 0.3) is 0 Å². The van der Waals surface area contributed by atoms with Crippen LogP contribution in [0.4, 0.5) is 0 Å². The van der Waals surface area contributed by atoms with Crippen LogP contribution in [-0.2, 0) is 14.3 Å². The lowest BCUT2D eigenvalue weighted by Gasteiger charge is -2.33.